The van der Waals surface area contributed by atoms with Crippen LogP contribution in [0.25, 0.3) is 10.2 Å². The summed E-state index contributed by atoms with van der Waals surface area (Å²) in [5, 5.41) is 11.4. The fraction of sp³-hybridized carbons (Fsp3) is 0.211. The summed E-state index contributed by atoms with van der Waals surface area (Å²) in [4.78, 5) is 27.6. The average Bonchev–Trinajstić information content (AvgIpc) is 3.12. The number of anilines is 1. The number of nitrogens with zero attached hydrogens (tertiary/aromatic N) is 2. The SMILES string of the molecule is COC(=O)CCC(=O)N(O)c1cccc(OCc2nc3ccccc3s2)c1. The second-order valence-electron chi connectivity index (χ2n) is 5.64. The van der Waals surface area contributed by atoms with Crippen molar-refractivity contribution in [2.75, 3.05) is 12.2 Å². The lowest BCUT2D eigenvalue weighted by Crippen LogP contribution is -2.27. The maximum atomic E-state index is 12.0. The molecule has 0 bridgehead atoms. The van der Waals surface area contributed by atoms with Gasteiger partial charge in [-0.2, -0.15) is 5.06 Å². The number of benzene rings is 2. The fourth-order valence-corrected chi connectivity index (χ4v) is 3.27. The van der Waals surface area contributed by atoms with Crippen LogP contribution in [0.15, 0.2) is 48.5 Å². The van der Waals surface area contributed by atoms with E-state index in [9.17, 15) is 14.8 Å². The zero-order chi connectivity index (χ0) is 19.2. The minimum Gasteiger partial charge on any atom is -0.486 e. The maximum Gasteiger partial charge on any atom is 0.306 e. The molecule has 1 aromatic heterocycles. The van der Waals surface area contributed by atoms with E-state index in [1.165, 1.54) is 7.11 Å². The Morgan fingerprint density at radius 2 is 1.96 bits per heavy atom. The van der Waals surface area contributed by atoms with Gasteiger partial charge in [0.25, 0.3) is 5.91 Å². The summed E-state index contributed by atoms with van der Waals surface area (Å²) in [5.41, 5.74) is 1.18. The molecule has 1 heterocycles. The van der Waals surface area contributed by atoms with E-state index in [1.807, 2.05) is 24.3 Å². The molecule has 0 atom stereocenters. The number of fused-ring (bicyclic) bond motifs is 1. The van der Waals surface area contributed by atoms with Crippen LogP contribution in [0.3, 0.4) is 0 Å². The first-order chi connectivity index (χ1) is 13.1. The number of methoxy groups -OCH3 is 1. The van der Waals surface area contributed by atoms with Crippen LogP contribution in [0.2, 0.25) is 0 Å². The average molecular weight is 386 g/mol. The summed E-state index contributed by atoms with van der Waals surface area (Å²) < 4.78 is 11.3. The molecule has 2 aromatic carbocycles. The lowest BCUT2D eigenvalue weighted by Gasteiger charge is -2.15. The van der Waals surface area contributed by atoms with Crippen molar-refractivity contribution in [1.82, 2.24) is 4.98 Å². The molecule has 27 heavy (non-hydrogen) atoms. The van der Waals surface area contributed by atoms with Gasteiger partial charge < -0.3 is 9.47 Å². The Kier molecular flexibility index (Phi) is 6.00. The Morgan fingerprint density at radius 1 is 1.15 bits per heavy atom. The number of hydrogen-bond acceptors (Lipinski definition) is 7. The van der Waals surface area contributed by atoms with E-state index in [4.69, 9.17) is 4.74 Å². The fourth-order valence-electron chi connectivity index (χ4n) is 2.39. The summed E-state index contributed by atoms with van der Waals surface area (Å²) in [6, 6.07) is 14.3. The van der Waals surface area contributed by atoms with E-state index < -0.39 is 11.9 Å². The third-order valence-corrected chi connectivity index (χ3v) is 4.78. The second kappa shape index (κ2) is 8.61. The van der Waals surface area contributed by atoms with Gasteiger partial charge in [0.1, 0.15) is 17.4 Å². The highest BCUT2D eigenvalue weighted by Crippen LogP contribution is 2.25. The molecule has 0 saturated carbocycles. The number of hydrogen-bond donors (Lipinski definition) is 1. The van der Waals surface area contributed by atoms with Crippen molar-refractivity contribution < 1.29 is 24.3 Å². The number of thiazole rings is 1. The Hall–Kier alpha value is -2.97. The monoisotopic (exact) mass is 386 g/mol. The molecule has 0 aliphatic carbocycles. The van der Waals surface area contributed by atoms with E-state index in [0.29, 0.717) is 10.8 Å². The highest BCUT2D eigenvalue weighted by molar-refractivity contribution is 7.18. The number of esters is 1. The number of ether oxygens (including phenoxy) is 2. The predicted octanol–water partition coefficient (Wildman–Crippen LogP) is 3.55. The third-order valence-electron chi connectivity index (χ3n) is 3.77. The summed E-state index contributed by atoms with van der Waals surface area (Å²) in [6.07, 6.45) is -0.250. The predicted molar refractivity (Wildman–Crippen MR) is 101 cm³/mol. The van der Waals surface area contributed by atoms with E-state index in [1.54, 1.807) is 35.6 Å². The van der Waals surface area contributed by atoms with Gasteiger partial charge in [0.2, 0.25) is 0 Å². The van der Waals surface area contributed by atoms with Gasteiger partial charge in [0, 0.05) is 12.5 Å². The van der Waals surface area contributed by atoms with Gasteiger partial charge in [-0.3, -0.25) is 14.8 Å². The lowest BCUT2D eigenvalue weighted by atomic mass is 10.2. The standard InChI is InChI=1S/C19H18N2O5S/c1-25-19(23)10-9-18(22)21(24)13-5-4-6-14(11-13)26-12-17-20-15-7-2-3-8-16(15)27-17/h2-8,11,24H,9-10,12H2,1H3. The first-order valence-electron chi connectivity index (χ1n) is 8.23. The number of carbonyl (C=O) groups excluding carboxylic acids is 2. The highest BCUT2D eigenvalue weighted by atomic mass is 32.1. The van der Waals surface area contributed by atoms with Crippen molar-refractivity contribution in [2.45, 2.75) is 19.4 Å². The molecule has 3 aromatic rings. The molecule has 1 N–H and O–H groups in total. The molecule has 0 saturated heterocycles. The number of rotatable bonds is 7. The minimum atomic E-state index is -0.608. The van der Waals surface area contributed by atoms with Crippen molar-refractivity contribution in [3.63, 3.8) is 0 Å². The quantitative estimate of drug-likeness (QED) is 0.379. The summed E-state index contributed by atoms with van der Waals surface area (Å²) in [7, 11) is 1.25. The first kappa shape index (κ1) is 18.8. The topological polar surface area (TPSA) is 89.0 Å². The molecular formula is C19H18N2O5S. The van der Waals surface area contributed by atoms with Crippen LogP contribution in [-0.2, 0) is 20.9 Å². The van der Waals surface area contributed by atoms with Crippen LogP contribution in [-0.4, -0.2) is 29.2 Å². The Morgan fingerprint density at radius 3 is 2.74 bits per heavy atom. The number of aromatic nitrogens is 1. The van der Waals surface area contributed by atoms with E-state index >= 15 is 0 Å². The number of carbonyl (C=O) groups is 2. The van der Waals surface area contributed by atoms with Gasteiger partial charge >= 0.3 is 5.97 Å². The molecule has 0 aliphatic heterocycles. The van der Waals surface area contributed by atoms with E-state index in [-0.39, 0.29) is 25.1 Å². The van der Waals surface area contributed by atoms with Crippen molar-refractivity contribution in [3.8, 4) is 5.75 Å². The molecule has 0 unspecified atom stereocenters. The second-order valence-corrected chi connectivity index (χ2v) is 6.76. The Balaban J connectivity index is 1.62. The smallest absolute Gasteiger partial charge is 0.306 e. The number of amides is 1. The normalized spacial score (nSPS) is 10.6. The molecule has 0 aliphatic rings. The van der Waals surface area contributed by atoms with Crippen LogP contribution < -0.4 is 9.80 Å². The zero-order valence-electron chi connectivity index (χ0n) is 14.6. The van der Waals surface area contributed by atoms with E-state index in [2.05, 4.69) is 9.72 Å². The molecule has 140 valence electrons. The summed E-state index contributed by atoms with van der Waals surface area (Å²) >= 11 is 1.55. The van der Waals surface area contributed by atoms with Gasteiger partial charge in [-0.25, -0.2) is 4.98 Å². The van der Waals surface area contributed by atoms with Crippen LogP contribution in [0.4, 0.5) is 5.69 Å². The van der Waals surface area contributed by atoms with Gasteiger partial charge in [-0.15, -0.1) is 11.3 Å². The number of hydroxylamine groups is 1. The van der Waals surface area contributed by atoms with Gasteiger partial charge in [-0.05, 0) is 24.3 Å². The maximum absolute atomic E-state index is 12.0. The van der Waals surface area contributed by atoms with Gasteiger partial charge in [-0.1, -0.05) is 18.2 Å². The van der Waals surface area contributed by atoms with Gasteiger partial charge in [0.05, 0.1) is 29.4 Å². The third kappa shape index (κ3) is 4.81. The Labute approximate surface area is 159 Å². The molecule has 7 nitrogen and oxygen atoms in total. The summed E-state index contributed by atoms with van der Waals surface area (Å²) in [5.74, 6) is -0.625. The molecule has 0 fully saturated rings. The van der Waals surface area contributed by atoms with Crippen molar-refractivity contribution in [3.05, 3.63) is 53.5 Å². The van der Waals surface area contributed by atoms with Crippen molar-refractivity contribution in [2.24, 2.45) is 0 Å². The van der Waals surface area contributed by atoms with E-state index in [0.717, 1.165) is 15.2 Å². The largest absolute Gasteiger partial charge is 0.486 e. The van der Waals surface area contributed by atoms with Crippen molar-refractivity contribution >= 4 is 39.1 Å². The van der Waals surface area contributed by atoms with Gasteiger partial charge in [0.15, 0.2) is 0 Å². The van der Waals surface area contributed by atoms with Crippen LogP contribution >= 0.6 is 11.3 Å². The van der Waals surface area contributed by atoms with Crippen LogP contribution in [0.5, 0.6) is 5.75 Å². The molecule has 1 amide bonds. The lowest BCUT2D eigenvalue weighted by molar-refractivity contribution is -0.142. The van der Waals surface area contributed by atoms with Crippen molar-refractivity contribution in [1.29, 1.82) is 0 Å². The minimum absolute atomic E-state index is 0.0970. The molecule has 8 heteroatoms. The van der Waals surface area contributed by atoms with Crippen LogP contribution in [0, 0.1) is 0 Å². The van der Waals surface area contributed by atoms with Crippen LogP contribution in [0.1, 0.15) is 17.8 Å². The zero-order valence-corrected chi connectivity index (χ0v) is 15.4. The molecule has 0 radical (unpaired) electrons. The Bertz CT molecular complexity index is 923. The highest BCUT2D eigenvalue weighted by Gasteiger charge is 2.16. The molecule has 0 spiro atoms. The summed E-state index contributed by atoms with van der Waals surface area (Å²) in [6.45, 7) is 0.282. The first-order valence-corrected chi connectivity index (χ1v) is 9.04. The molecule has 3 rings (SSSR count). The molecular weight excluding hydrogens is 368 g/mol. The number of para-hydroxylation sites is 1.